The number of hydrogen-bond donors (Lipinski definition) is 2. The number of ether oxygens (including phenoxy) is 2. The maximum atomic E-state index is 5.32. The van der Waals surface area contributed by atoms with E-state index in [1.54, 1.807) is 20.4 Å². The van der Waals surface area contributed by atoms with Crippen LogP contribution in [0.1, 0.15) is 38.5 Å². The molecule has 1 aromatic carbocycles. The van der Waals surface area contributed by atoms with Crippen molar-refractivity contribution < 1.29 is 9.47 Å². The Morgan fingerprint density at radius 3 is 2.48 bits per heavy atom. The molecule has 0 atom stereocenters. The van der Waals surface area contributed by atoms with Crippen LogP contribution in [0.5, 0.6) is 11.5 Å². The summed E-state index contributed by atoms with van der Waals surface area (Å²) in [6.07, 6.45) is 9.23. The zero-order valence-electron chi connectivity index (χ0n) is 14.8. The van der Waals surface area contributed by atoms with Gasteiger partial charge < -0.3 is 20.1 Å². The van der Waals surface area contributed by atoms with E-state index < -0.39 is 0 Å². The quantitative estimate of drug-likeness (QED) is 0.773. The number of rotatable bonds is 6. The van der Waals surface area contributed by atoms with Crippen molar-refractivity contribution in [1.29, 1.82) is 0 Å². The van der Waals surface area contributed by atoms with Gasteiger partial charge in [0.1, 0.15) is 0 Å². The second-order valence-electron chi connectivity index (χ2n) is 6.19. The highest BCUT2D eigenvalue weighted by Crippen LogP contribution is 2.30. The molecule has 0 saturated heterocycles. The van der Waals surface area contributed by atoms with Crippen LogP contribution in [0.3, 0.4) is 0 Å². The molecule has 7 nitrogen and oxygen atoms in total. The Kier molecular flexibility index (Phi) is 5.87. The van der Waals surface area contributed by atoms with Crippen molar-refractivity contribution in [3.05, 3.63) is 24.4 Å². The lowest BCUT2D eigenvalue weighted by atomic mass is 10.1. The van der Waals surface area contributed by atoms with Gasteiger partial charge in [0.2, 0.25) is 5.95 Å². The Hall–Kier alpha value is -2.57. The zero-order valence-corrected chi connectivity index (χ0v) is 14.8. The van der Waals surface area contributed by atoms with Crippen LogP contribution < -0.4 is 20.1 Å². The minimum atomic E-state index is 0.450. The molecule has 0 unspecified atom stereocenters. The summed E-state index contributed by atoms with van der Waals surface area (Å²) < 4.78 is 10.6. The first kappa shape index (κ1) is 17.3. The van der Waals surface area contributed by atoms with Gasteiger partial charge in [0, 0.05) is 17.8 Å². The summed E-state index contributed by atoms with van der Waals surface area (Å²) >= 11 is 0. The van der Waals surface area contributed by atoms with Gasteiger partial charge in [-0.3, -0.25) is 0 Å². The molecule has 0 radical (unpaired) electrons. The Labute approximate surface area is 148 Å². The van der Waals surface area contributed by atoms with E-state index in [0.29, 0.717) is 23.5 Å². The standard InChI is InChI=1S/C18H25N5O2/c1-24-15-10-9-14(11-16(15)25-2)21-18-22-17(12-19-23-18)20-13-7-5-3-4-6-8-13/h9-13H,3-8H2,1-2H3,(H2,20,21,22,23). The van der Waals surface area contributed by atoms with Crippen LogP contribution in [0.25, 0.3) is 0 Å². The lowest BCUT2D eigenvalue weighted by Gasteiger charge is -2.16. The van der Waals surface area contributed by atoms with Crippen LogP contribution in [0.4, 0.5) is 17.5 Å². The van der Waals surface area contributed by atoms with E-state index in [1.165, 1.54) is 38.5 Å². The van der Waals surface area contributed by atoms with Crippen LogP contribution in [0, 0.1) is 0 Å². The molecule has 134 valence electrons. The third-order valence-corrected chi connectivity index (χ3v) is 4.41. The molecule has 3 rings (SSSR count). The number of methoxy groups -OCH3 is 2. The predicted octanol–water partition coefficient (Wildman–Crippen LogP) is 3.77. The molecule has 1 aromatic heterocycles. The summed E-state index contributed by atoms with van der Waals surface area (Å²) in [5, 5.41) is 14.8. The second-order valence-corrected chi connectivity index (χ2v) is 6.19. The van der Waals surface area contributed by atoms with Crippen molar-refractivity contribution in [2.24, 2.45) is 0 Å². The summed E-state index contributed by atoms with van der Waals surface area (Å²) in [4.78, 5) is 4.52. The van der Waals surface area contributed by atoms with Crippen molar-refractivity contribution in [2.45, 2.75) is 44.6 Å². The van der Waals surface area contributed by atoms with E-state index in [9.17, 15) is 0 Å². The molecule has 7 heteroatoms. The normalized spacial score (nSPS) is 15.3. The van der Waals surface area contributed by atoms with Gasteiger partial charge in [-0.05, 0) is 25.0 Å². The lowest BCUT2D eigenvalue weighted by Crippen LogP contribution is -2.19. The number of benzene rings is 1. The molecule has 2 N–H and O–H groups in total. The van der Waals surface area contributed by atoms with Gasteiger partial charge in [-0.25, -0.2) is 0 Å². The van der Waals surface area contributed by atoms with E-state index in [0.717, 1.165) is 11.5 Å². The molecule has 1 heterocycles. The smallest absolute Gasteiger partial charge is 0.249 e. The average Bonchev–Trinajstić information content (AvgIpc) is 2.90. The van der Waals surface area contributed by atoms with E-state index >= 15 is 0 Å². The fourth-order valence-corrected chi connectivity index (χ4v) is 3.10. The van der Waals surface area contributed by atoms with E-state index in [4.69, 9.17) is 9.47 Å². The second kappa shape index (κ2) is 8.50. The lowest BCUT2D eigenvalue weighted by molar-refractivity contribution is 0.355. The van der Waals surface area contributed by atoms with Crippen molar-refractivity contribution >= 4 is 17.5 Å². The molecular weight excluding hydrogens is 318 g/mol. The summed E-state index contributed by atoms with van der Waals surface area (Å²) in [5.74, 6) is 2.53. The van der Waals surface area contributed by atoms with Gasteiger partial charge in [0.15, 0.2) is 17.3 Å². The van der Waals surface area contributed by atoms with Gasteiger partial charge in [0.05, 0.1) is 20.4 Å². The zero-order chi connectivity index (χ0) is 17.5. The Balaban J connectivity index is 1.69. The molecule has 0 aliphatic heterocycles. The summed E-state index contributed by atoms with van der Waals surface area (Å²) in [6.45, 7) is 0. The molecule has 1 aliphatic rings. The highest BCUT2D eigenvalue weighted by atomic mass is 16.5. The molecule has 0 amide bonds. The fraction of sp³-hybridized carbons (Fsp3) is 0.500. The van der Waals surface area contributed by atoms with Crippen LogP contribution in [0.15, 0.2) is 24.4 Å². The summed E-state index contributed by atoms with van der Waals surface area (Å²) in [5.41, 5.74) is 0.811. The SMILES string of the molecule is COc1ccc(Nc2nncc(NC3CCCCCC3)n2)cc1OC. The van der Waals surface area contributed by atoms with Crippen molar-refractivity contribution in [1.82, 2.24) is 15.2 Å². The van der Waals surface area contributed by atoms with E-state index in [2.05, 4.69) is 25.8 Å². The van der Waals surface area contributed by atoms with E-state index in [-0.39, 0.29) is 0 Å². The summed E-state index contributed by atoms with van der Waals surface area (Å²) in [6, 6.07) is 6.03. The number of hydrogen-bond acceptors (Lipinski definition) is 7. The number of anilines is 3. The largest absolute Gasteiger partial charge is 0.493 e. The maximum absolute atomic E-state index is 5.32. The monoisotopic (exact) mass is 343 g/mol. The predicted molar refractivity (Wildman–Crippen MR) is 97.8 cm³/mol. The van der Waals surface area contributed by atoms with Crippen LogP contribution in [-0.4, -0.2) is 35.4 Å². The van der Waals surface area contributed by atoms with Gasteiger partial charge in [-0.2, -0.15) is 10.1 Å². The van der Waals surface area contributed by atoms with Gasteiger partial charge >= 0.3 is 0 Å². The Morgan fingerprint density at radius 2 is 1.76 bits per heavy atom. The highest BCUT2D eigenvalue weighted by Gasteiger charge is 2.13. The first-order valence-electron chi connectivity index (χ1n) is 8.74. The molecule has 0 bridgehead atoms. The average molecular weight is 343 g/mol. The minimum Gasteiger partial charge on any atom is -0.493 e. The van der Waals surface area contributed by atoms with Gasteiger partial charge in [-0.1, -0.05) is 25.7 Å². The van der Waals surface area contributed by atoms with Crippen molar-refractivity contribution in [3.63, 3.8) is 0 Å². The molecule has 1 aliphatic carbocycles. The highest BCUT2D eigenvalue weighted by molar-refractivity contribution is 5.60. The maximum Gasteiger partial charge on any atom is 0.249 e. The first-order chi connectivity index (χ1) is 12.3. The topological polar surface area (TPSA) is 81.2 Å². The van der Waals surface area contributed by atoms with Gasteiger partial charge in [-0.15, -0.1) is 5.10 Å². The third-order valence-electron chi connectivity index (χ3n) is 4.41. The summed E-state index contributed by atoms with van der Waals surface area (Å²) in [7, 11) is 3.22. The van der Waals surface area contributed by atoms with Gasteiger partial charge in [0.25, 0.3) is 0 Å². The fourth-order valence-electron chi connectivity index (χ4n) is 3.10. The first-order valence-corrected chi connectivity index (χ1v) is 8.74. The third kappa shape index (κ3) is 4.71. The molecular formula is C18H25N5O2. The van der Waals surface area contributed by atoms with E-state index in [1.807, 2.05) is 18.2 Å². The Bertz CT molecular complexity index is 687. The minimum absolute atomic E-state index is 0.450. The number of aromatic nitrogens is 3. The van der Waals surface area contributed by atoms with Crippen LogP contribution >= 0.6 is 0 Å². The molecule has 1 fully saturated rings. The van der Waals surface area contributed by atoms with Crippen LogP contribution in [0.2, 0.25) is 0 Å². The van der Waals surface area contributed by atoms with Crippen LogP contribution in [-0.2, 0) is 0 Å². The molecule has 1 saturated carbocycles. The number of nitrogens with one attached hydrogen (secondary N) is 2. The van der Waals surface area contributed by atoms with Crippen molar-refractivity contribution in [3.8, 4) is 11.5 Å². The molecule has 0 spiro atoms. The molecule has 25 heavy (non-hydrogen) atoms. The Morgan fingerprint density at radius 1 is 1.00 bits per heavy atom. The number of nitrogens with zero attached hydrogens (tertiary/aromatic N) is 3. The molecule has 2 aromatic rings. The van der Waals surface area contributed by atoms with Crippen molar-refractivity contribution in [2.75, 3.05) is 24.9 Å².